The number of benzene rings is 1. The summed E-state index contributed by atoms with van der Waals surface area (Å²) in [4.78, 5) is 0. The quantitative estimate of drug-likeness (QED) is 0.438. The summed E-state index contributed by atoms with van der Waals surface area (Å²) in [5.74, 6) is -3.23. The maximum absolute atomic E-state index is 13.3. The van der Waals surface area contributed by atoms with Gasteiger partial charge in [0, 0.05) is 12.5 Å². The highest BCUT2D eigenvalue weighted by atomic mass is 28.2. The van der Waals surface area contributed by atoms with Gasteiger partial charge in [-0.2, -0.15) is 0 Å². The van der Waals surface area contributed by atoms with Crippen LogP contribution in [0.15, 0.2) is 18.2 Å². The molecule has 0 bridgehead atoms. The summed E-state index contributed by atoms with van der Waals surface area (Å²) >= 11 is 0. The van der Waals surface area contributed by atoms with Gasteiger partial charge in [-0.05, 0) is 30.9 Å². The van der Waals surface area contributed by atoms with Gasteiger partial charge in [0.25, 0.3) is 16.5 Å². The Morgan fingerprint density at radius 1 is 1.11 bits per heavy atom. The number of halogens is 2. The summed E-state index contributed by atoms with van der Waals surface area (Å²) in [6.07, 6.45) is 3.60. The molecule has 105 valence electrons. The molecule has 0 heterocycles. The van der Waals surface area contributed by atoms with Crippen LogP contribution in [0.2, 0.25) is 0 Å². The van der Waals surface area contributed by atoms with E-state index in [4.69, 9.17) is 10.2 Å². The Hall–Kier alpha value is -0.823. The van der Waals surface area contributed by atoms with Crippen molar-refractivity contribution in [2.24, 2.45) is 0 Å². The number of unbranched alkanes of at least 4 members (excludes halogenated alkanes) is 3. The van der Waals surface area contributed by atoms with Crippen LogP contribution in [0.25, 0.3) is 0 Å². The van der Waals surface area contributed by atoms with Crippen molar-refractivity contribution in [1.29, 1.82) is 0 Å². The zero-order valence-electron chi connectivity index (χ0n) is 10.5. The third-order valence-corrected chi connectivity index (χ3v) is 3.20. The Balaban J connectivity index is 2.17. The predicted octanol–water partition coefficient (Wildman–Crippen LogP) is 2.20. The van der Waals surface area contributed by atoms with Crippen LogP contribution in [0.5, 0.6) is 0 Å². The molecule has 3 radical (unpaired) electrons. The van der Waals surface area contributed by atoms with Crippen molar-refractivity contribution in [3.8, 4) is 0 Å². The molecule has 0 amide bonds. The molecule has 0 aromatic heterocycles. The highest BCUT2D eigenvalue weighted by molar-refractivity contribution is 5.98. The third-order valence-electron chi connectivity index (χ3n) is 2.88. The second-order valence-electron chi connectivity index (χ2n) is 4.50. The molecular weight excluding hydrogens is 270 g/mol. The minimum absolute atomic E-state index is 0.0986. The van der Waals surface area contributed by atoms with E-state index < -0.39 is 17.6 Å². The Morgan fingerprint density at radius 3 is 2.42 bits per heavy atom. The summed E-state index contributed by atoms with van der Waals surface area (Å²) < 4.78 is 30.3. The van der Waals surface area contributed by atoms with Crippen LogP contribution in [0, 0.1) is 11.6 Å². The highest BCUT2D eigenvalue weighted by Crippen LogP contribution is 2.16. The number of hydrogen-bond donors (Lipinski definition) is 2. The van der Waals surface area contributed by atoms with Crippen LogP contribution in [0.1, 0.15) is 37.7 Å². The number of rotatable bonds is 8. The first-order valence-corrected chi connectivity index (χ1v) is 6.59. The molecule has 1 aromatic rings. The SMILES string of the molecule is OC(O)(CCCCCCc1ccc(F)cc1F)O[Si]. The van der Waals surface area contributed by atoms with Gasteiger partial charge >= 0.3 is 0 Å². The predicted molar refractivity (Wildman–Crippen MR) is 67.2 cm³/mol. The van der Waals surface area contributed by atoms with Crippen molar-refractivity contribution in [3.05, 3.63) is 35.4 Å². The topological polar surface area (TPSA) is 49.7 Å². The molecule has 0 aliphatic heterocycles. The molecule has 0 spiro atoms. The average Bonchev–Trinajstić information content (AvgIpc) is 2.35. The Kier molecular flexibility index (Phi) is 6.57. The van der Waals surface area contributed by atoms with Crippen molar-refractivity contribution < 1.29 is 23.4 Å². The van der Waals surface area contributed by atoms with E-state index in [1.807, 2.05) is 0 Å². The van der Waals surface area contributed by atoms with Gasteiger partial charge in [0.15, 0.2) is 0 Å². The van der Waals surface area contributed by atoms with Gasteiger partial charge < -0.3 is 14.6 Å². The minimum Gasteiger partial charge on any atom is -0.371 e. The second kappa shape index (κ2) is 7.69. The lowest BCUT2D eigenvalue weighted by atomic mass is 10.0. The number of aryl methyl sites for hydroxylation is 1. The van der Waals surface area contributed by atoms with E-state index in [0.29, 0.717) is 18.4 Å². The van der Waals surface area contributed by atoms with Crippen LogP contribution in [-0.4, -0.2) is 26.7 Å². The molecule has 0 saturated heterocycles. The maximum Gasteiger partial charge on any atom is 0.267 e. The maximum atomic E-state index is 13.3. The average molecular weight is 287 g/mol. The molecule has 0 unspecified atom stereocenters. The fourth-order valence-electron chi connectivity index (χ4n) is 1.80. The van der Waals surface area contributed by atoms with Crippen molar-refractivity contribution in [2.45, 2.75) is 44.5 Å². The lowest BCUT2D eigenvalue weighted by Gasteiger charge is -2.19. The molecule has 6 heteroatoms. The van der Waals surface area contributed by atoms with E-state index >= 15 is 0 Å². The van der Waals surface area contributed by atoms with E-state index in [0.717, 1.165) is 25.3 Å². The van der Waals surface area contributed by atoms with Crippen LogP contribution in [-0.2, 0) is 10.8 Å². The standard InChI is InChI=1S/C13H17F2O3Si/c14-11-7-6-10(12(15)9-11)5-3-1-2-4-8-13(16,17)18-19/h6-7,9,16-17H,1-5,8H2. The monoisotopic (exact) mass is 287 g/mol. The van der Waals surface area contributed by atoms with E-state index in [-0.39, 0.29) is 6.42 Å². The van der Waals surface area contributed by atoms with Gasteiger partial charge in [-0.15, -0.1) is 0 Å². The van der Waals surface area contributed by atoms with E-state index in [9.17, 15) is 8.78 Å². The first kappa shape index (κ1) is 16.2. The third kappa shape index (κ3) is 6.24. The Morgan fingerprint density at radius 2 is 1.79 bits per heavy atom. The summed E-state index contributed by atoms with van der Waals surface area (Å²) in [6.45, 7) is 0. The zero-order chi connectivity index (χ0) is 14.3. The summed E-state index contributed by atoms with van der Waals surface area (Å²) in [5, 5.41) is 18.2. The molecule has 2 N–H and O–H groups in total. The molecule has 0 saturated carbocycles. The second-order valence-corrected chi connectivity index (χ2v) is 4.70. The molecule has 1 aromatic carbocycles. The van der Waals surface area contributed by atoms with Crippen LogP contribution in [0.3, 0.4) is 0 Å². The van der Waals surface area contributed by atoms with E-state index in [2.05, 4.69) is 14.9 Å². The smallest absolute Gasteiger partial charge is 0.267 e. The van der Waals surface area contributed by atoms with Gasteiger partial charge in [0.2, 0.25) is 0 Å². The van der Waals surface area contributed by atoms with Crippen LogP contribution >= 0.6 is 0 Å². The number of aliphatic hydroxyl groups is 2. The number of hydrogen-bond acceptors (Lipinski definition) is 3. The fraction of sp³-hybridized carbons (Fsp3) is 0.538. The molecule has 1 rings (SSSR count). The summed E-state index contributed by atoms with van der Waals surface area (Å²) in [6, 6.07) is 3.58. The molecule has 3 nitrogen and oxygen atoms in total. The lowest BCUT2D eigenvalue weighted by molar-refractivity contribution is -0.295. The normalized spacial score (nSPS) is 11.8. The van der Waals surface area contributed by atoms with E-state index in [1.165, 1.54) is 12.1 Å². The summed E-state index contributed by atoms with van der Waals surface area (Å²) in [7, 11) is 2.57. The van der Waals surface area contributed by atoms with Crippen molar-refractivity contribution in [2.75, 3.05) is 0 Å². The van der Waals surface area contributed by atoms with Gasteiger partial charge in [-0.3, -0.25) is 0 Å². The molecule has 0 atom stereocenters. The van der Waals surface area contributed by atoms with E-state index in [1.54, 1.807) is 0 Å². The largest absolute Gasteiger partial charge is 0.371 e. The highest BCUT2D eigenvalue weighted by Gasteiger charge is 2.20. The molecule has 0 aliphatic carbocycles. The van der Waals surface area contributed by atoms with Crippen molar-refractivity contribution in [3.63, 3.8) is 0 Å². The van der Waals surface area contributed by atoms with Crippen LogP contribution < -0.4 is 0 Å². The van der Waals surface area contributed by atoms with Gasteiger partial charge in [-0.1, -0.05) is 18.9 Å². The molecular formula is C13H17F2O3Si. The minimum atomic E-state index is -2.14. The first-order chi connectivity index (χ1) is 8.94. The lowest BCUT2D eigenvalue weighted by Crippen LogP contribution is -2.30. The zero-order valence-corrected chi connectivity index (χ0v) is 11.5. The van der Waals surface area contributed by atoms with Gasteiger partial charge in [0.1, 0.15) is 11.6 Å². The first-order valence-electron chi connectivity index (χ1n) is 6.18. The fourth-order valence-corrected chi connectivity index (χ4v) is 1.90. The molecule has 19 heavy (non-hydrogen) atoms. The Labute approximate surface area is 114 Å². The van der Waals surface area contributed by atoms with Gasteiger partial charge in [-0.25, -0.2) is 8.78 Å². The van der Waals surface area contributed by atoms with Crippen molar-refractivity contribution >= 4 is 10.5 Å². The van der Waals surface area contributed by atoms with Crippen LogP contribution in [0.4, 0.5) is 8.78 Å². The Bertz CT molecular complexity index is 399. The van der Waals surface area contributed by atoms with Gasteiger partial charge in [0.05, 0.1) is 0 Å². The molecule has 0 aliphatic rings. The van der Waals surface area contributed by atoms with Crippen molar-refractivity contribution in [1.82, 2.24) is 0 Å². The molecule has 0 fully saturated rings. The summed E-state index contributed by atoms with van der Waals surface area (Å²) in [5.41, 5.74) is 0.503.